The number of carbonyl (C=O) groups excluding carboxylic acids is 2. The number of nitrogens with zero attached hydrogens (tertiary/aromatic N) is 1. The molecule has 1 aliphatic heterocycles. The van der Waals surface area contributed by atoms with Crippen molar-refractivity contribution >= 4 is 23.3 Å². The molecule has 5 nitrogen and oxygen atoms in total. The molecule has 0 bridgehead atoms. The smallest absolute Gasteiger partial charge is 0.319 e. The summed E-state index contributed by atoms with van der Waals surface area (Å²) in [4.78, 5) is 25.1. The zero-order chi connectivity index (χ0) is 18.0. The van der Waals surface area contributed by atoms with E-state index in [9.17, 15) is 18.4 Å². The van der Waals surface area contributed by atoms with Crippen LogP contribution in [0.25, 0.3) is 0 Å². The monoisotopic (exact) mass is 345 g/mol. The van der Waals surface area contributed by atoms with Crippen LogP contribution in [0.3, 0.4) is 0 Å². The Balaban J connectivity index is 1.60. The topological polar surface area (TPSA) is 61.4 Å². The molecule has 7 heteroatoms. The third-order valence-electron chi connectivity index (χ3n) is 4.05. The van der Waals surface area contributed by atoms with Crippen LogP contribution in [-0.4, -0.2) is 18.5 Å². The van der Waals surface area contributed by atoms with Crippen LogP contribution < -0.4 is 15.5 Å². The van der Waals surface area contributed by atoms with Gasteiger partial charge in [-0.05, 0) is 35.7 Å². The molecule has 0 unspecified atom stereocenters. The van der Waals surface area contributed by atoms with Gasteiger partial charge in [-0.1, -0.05) is 12.1 Å². The maximum absolute atomic E-state index is 13.5. The Hall–Kier alpha value is -2.96. The molecule has 1 heterocycles. The Kier molecular flexibility index (Phi) is 4.65. The maximum Gasteiger partial charge on any atom is 0.319 e. The van der Waals surface area contributed by atoms with Gasteiger partial charge < -0.3 is 15.5 Å². The highest BCUT2D eigenvalue weighted by Crippen LogP contribution is 2.28. The van der Waals surface area contributed by atoms with E-state index in [0.717, 1.165) is 35.4 Å². The van der Waals surface area contributed by atoms with Gasteiger partial charge in [0.25, 0.3) is 0 Å². The number of rotatable bonds is 3. The van der Waals surface area contributed by atoms with Gasteiger partial charge in [0.15, 0.2) is 0 Å². The van der Waals surface area contributed by atoms with Crippen LogP contribution in [0.5, 0.6) is 0 Å². The van der Waals surface area contributed by atoms with Gasteiger partial charge in [-0.15, -0.1) is 0 Å². The number of benzene rings is 2. The van der Waals surface area contributed by atoms with Gasteiger partial charge in [-0.25, -0.2) is 13.6 Å². The van der Waals surface area contributed by atoms with Crippen molar-refractivity contribution in [1.82, 2.24) is 5.32 Å². The first-order chi connectivity index (χ1) is 11.9. The summed E-state index contributed by atoms with van der Waals surface area (Å²) in [7, 11) is 0. The van der Waals surface area contributed by atoms with Crippen molar-refractivity contribution < 1.29 is 18.4 Å². The van der Waals surface area contributed by atoms with Gasteiger partial charge in [-0.3, -0.25) is 4.79 Å². The van der Waals surface area contributed by atoms with E-state index in [1.807, 2.05) is 18.2 Å². The molecular weight excluding hydrogens is 328 g/mol. The van der Waals surface area contributed by atoms with Crippen LogP contribution in [0.1, 0.15) is 18.1 Å². The van der Waals surface area contributed by atoms with E-state index in [-0.39, 0.29) is 18.1 Å². The average molecular weight is 345 g/mol. The zero-order valence-corrected chi connectivity index (χ0v) is 13.6. The molecule has 0 aromatic heterocycles. The number of amides is 3. The zero-order valence-electron chi connectivity index (χ0n) is 13.6. The summed E-state index contributed by atoms with van der Waals surface area (Å²) in [6.45, 7) is 2.44. The summed E-state index contributed by atoms with van der Waals surface area (Å²) in [6, 6.07) is 7.98. The van der Waals surface area contributed by atoms with E-state index in [2.05, 4.69) is 10.6 Å². The lowest BCUT2D eigenvalue weighted by atomic mass is 10.1. The van der Waals surface area contributed by atoms with Gasteiger partial charge in [0.2, 0.25) is 5.91 Å². The molecule has 2 N–H and O–H groups in total. The van der Waals surface area contributed by atoms with Crippen LogP contribution >= 0.6 is 0 Å². The van der Waals surface area contributed by atoms with Gasteiger partial charge in [0, 0.05) is 31.8 Å². The van der Waals surface area contributed by atoms with E-state index in [1.54, 1.807) is 4.90 Å². The van der Waals surface area contributed by atoms with E-state index < -0.39 is 17.7 Å². The van der Waals surface area contributed by atoms with Crippen molar-refractivity contribution in [1.29, 1.82) is 0 Å². The quantitative estimate of drug-likeness (QED) is 0.897. The fourth-order valence-electron chi connectivity index (χ4n) is 2.83. The molecule has 25 heavy (non-hydrogen) atoms. The number of nitrogens with one attached hydrogen (secondary N) is 2. The molecule has 3 rings (SSSR count). The Morgan fingerprint density at radius 3 is 2.68 bits per heavy atom. The van der Waals surface area contributed by atoms with Crippen molar-refractivity contribution in [3.63, 3.8) is 0 Å². The first-order valence-electron chi connectivity index (χ1n) is 7.84. The Morgan fingerprint density at radius 1 is 1.16 bits per heavy atom. The molecule has 0 saturated heterocycles. The fourth-order valence-corrected chi connectivity index (χ4v) is 2.83. The standard InChI is InChI=1S/C18H17F2N3O2/c1-11(24)23-7-6-13-8-12(2-5-17(13)23)10-21-18(25)22-16-4-3-14(19)9-15(16)20/h2-5,8-9H,6-7,10H2,1H3,(H2,21,22,25). The summed E-state index contributed by atoms with van der Waals surface area (Å²) in [5.74, 6) is -1.54. The molecule has 130 valence electrons. The van der Waals surface area contributed by atoms with Gasteiger partial charge in [0.05, 0.1) is 5.69 Å². The Labute approximate surface area is 143 Å². The molecule has 3 amide bonds. The third kappa shape index (κ3) is 3.76. The Morgan fingerprint density at radius 2 is 1.96 bits per heavy atom. The molecule has 0 atom stereocenters. The summed E-state index contributed by atoms with van der Waals surface area (Å²) in [6.07, 6.45) is 0.774. The van der Waals surface area contributed by atoms with Crippen LogP contribution in [0, 0.1) is 11.6 Å². The lowest BCUT2D eigenvalue weighted by Gasteiger charge is -2.15. The molecule has 0 spiro atoms. The van der Waals surface area contributed by atoms with Crippen molar-refractivity contribution in [3.8, 4) is 0 Å². The largest absolute Gasteiger partial charge is 0.334 e. The molecule has 2 aromatic rings. The average Bonchev–Trinajstić information content (AvgIpc) is 2.99. The van der Waals surface area contributed by atoms with E-state index in [0.29, 0.717) is 12.6 Å². The molecule has 0 radical (unpaired) electrons. The van der Waals surface area contributed by atoms with Gasteiger partial charge >= 0.3 is 6.03 Å². The summed E-state index contributed by atoms with van der Waals surface area (Å²) >= 11 is 0. The summed E-state index contributed by atoms with van der Waals surface area (Å²) in [5, 5.41) is 4.96. The molecule has 2 aromatic carbocycles. The number of carbonyl (C=O) groups is 2. The minimum atomic E-state index is -0.836. The van der Waals surface area contributed by atoms with E-state index >= 15 is 0 Å². The Bertz CT molecular complexity index is 839. The molecule has 0 fully saturated rings. The van der Waals surface area contributed by atoms with E-state index in [1.165, 1.54) is 6.92 Å². The van der Waals surface area contributed by atoms with Crippen molar-refractivity contribution in [3.05, 3.63) is 59.2 Å². The molecule has 1 aliphatic rings. The first kappa shape index (κ1) is 16.9. The maximum atomic E-state index is 13.5. The number of hydrogen-bond acceptors (Lipinski definition) is 2. The minimum Gasteiger partial charge on any atom is -0.334 e. The normalized spacial score (nSPS) is 12.7. The molecular formula is C18H17F2N3O2. The second-order valence-corrected chi connectivity index (χ2v) is 5.82. The van der Waals surface area contributed by atoms with Crippen LogP contribution in [0.2, 0.25) is 0 Å². The third-order valence-corrected chi connectivity index (χ3v) is 4.05. The number of fused-ring (bicyclic) bond motifs is 1. The number of urea groups is 1. The number of hydrogen-bond donors (Lipinski definition) is 2. The predicted octanol–water partition coefficient (Wildman–Crippen LogP) is 3.20. The van der Waals surface area contributed by atoms with E-state index in [4.69, 9.17) is 0 Å². The number of anilines is 2. The second kappa shape index (κ2) is 6.88. The highest BCUT2D eigenvalue weighted by atomic mass is 19.1. The lowest BCUT2D eigenvalue weighted by Crippen LogP contribution is -2.28. The van der Waals surface area contributed by atoms with Crippen molar-refractivity contribution in [2.75, 3.05) is 16.8 Å². The minimum absolute atomic E-state index is 0.00493. The second-order valence-electron chi connectivity index (χ2n) is 5.82. The van der Waals surface area contributed by atoms with Crippen molar-refractivity contribution in [2.45, 2.75) is 19.9 Å². The highest BCUT2D eigenvalue weighted by molar-refractivity contribution is 5.93. The summed E-state index contributed by atoms with van der Waals surface area (Å²) < 4.78 is 26.4. The number of halogens is 2. The summed E-state index contributed by atoms with van der Waals surface area (Å²) in [5.41, 5.74) is 2.73. The fraction of sp³-hybridized carbons (Fsp3) is 0.222. The highest BCUT2D eigenvalue weighted by Gasteiger charge is 2.22. The first-order valence-corrected chi connectivity index (χ1v) is 7.84. The van der Waals surface area contributed by atoms with Gasteiger partial charge in [-0.2, -0.15) is 0 Å². The van der Waals surface area contributed by atoms with Crippen LogP contribution in [0.15, 0.2) is 36.4 Å². The predicted molar refractivity (Wildman–Crippen MR) is 90.4 cm³/mol. The lowest BCUT2D eigenvalue weighted by molar-refractivity contribution is -0.116. The van der Waals surface area contributed by atoms with Crippen molar-refractivity contribution in [2.24, 2.45) is 0 Å². The molecule has 0 aliphatic carbocycles. The molecule has 0 saturated carbocycles. The van der Waals surface area contributed by atoms with Gasteiger partial charge in [0.1, 0.15) is 11.6 Å². The van der Waals surface area contributed by atoms with Crippen LogP contribution in [0.4, 0.5) is 25.0 Å². The van der Waals surface area contributed by atoms with Crippen LogP contribution in [-0.2, 0) is 17.8 Å². The SMILES string of the molecule is CC(=O)N1CCc2cc(CNC(=O)Nc3ccc(F)cc3F)ccc21.